The number of fused-ring (bicyclic) bond motifs is 1. The van der Waals surface area contributed by atoms with Crippen LogP contribution in [0.4, 0.5) is 0 Å². The number of benzene rings is 1. The Labute approximate surface area is 178 Å². The maximum atomic E-state index is 13.1. The highest BCUT2D eigenvalue weighted by molar-refractivity contribution is 6.38. The van der Waals surface area contributed by atoms with E-state index in [1.54, 1.807) is 23.0 Å². The fourth-order valence-electron chi connectivity index (χ4n) is 3.57. The van der Waals surface area contributed by atoms with Crippen molar-refractivity contribution in [2.24, 2.45) is 5.73 Å². The maximum absolute atomic E-state index is 13.1. The van der Waals surface area contributed by atoms with Gasteiger partial charge in [-0.05, 0) is 17.7 Å². The van der Waals surface area contributed by atoms with E-state index in [0.29, 0.717) is 12.4 Å². The molecular formula is C22H22N6O3. The summed E-state index contributed by atoms with van der Waals surface area (Å²) in [6, 6.07) is 11.2. The van der Waals surface area contributed by atoms with Crippen LogP contribution >= 0.6 is 0 Å². The van der Waals surface area contributed by atoms with Gasteiger partial charge in [0.1, 0.15) is 6.04 Å². The minimum absolute atomic E-state index is 0.145. The molecule has 1 aliphatic heterocycles. The summed E-state index contributed by atoms with van der Waals surface area (Å²) in [5, 5.41) is 10.5. The number of amides is 2. The number of nitrogens with zero attached hydrogens (tertiary/aromatic N) is 3. The summed E-state index contributed by atoms with van der Waals surface area (Å²) in [6.07, 6.45) is 4.35. The average Bonchev–Trinajstić information content (AvgIpc) is 3.23. The zero-order valence-electron chi connectivity index (χ0n) is 16.7. The average molecular weight is 418 g/mol. The van der Waals surface area contributed by atoms with E-state index in [1.165, 1.54) is 0 Å². The minimum Gasteiger partial charge on any atom is -0.363 e. The lowest BCUT2D eigenvalue weighted by Gasteiger charge is -2.17. The number of primary amides is 1. The van der Waals surface area contributed by atoms with Crippen LogP contribution in [-0.4, -0.2) is 44.9 Å². The number of carbonyl (C=O) groups excluding carboxylic acids is 3. The highest BCUT2D eigenvalue weighted by atomic mass is 16.2. The van der Waals surface area contributed by atoms with E-state index < -0.39 is 23.6 Å². The molecule has 2 aromatic heterocycles. The van der Waals surface area contributed by atoms with E-state index in [0.717, 1.165) is 29.8 Å². The summed E-state index contributed by atoms with van der Waals surface area (Å²) in [4.78, 5) is 41.3. The van der Waals surface area contributed by atoms with Crippen LogP contribution in [0.3, 0.4) is 0 Å². The lowest BCUT2D eigenvalue weighted by Crippen LogP contribution is -2.47. The lowest BCUT2D eigenvalue weighted by atomic mass is 10.0. The predicted octanol–water partition coefficient (Wildman–Crippen LogP) is 0.308. The Bertz CT molecular complexity index is 1100. The van der Waals surface area contributed by atoms with Crippen molar-refractivity contribution in [1.82, 2.24) is 25.4 Å². The molecule has 0 saturated carbocycles. The molecule has 3 heterocycles. The second-order valence-corrected chi connectivity index (χ2v) is 7.29. The molecule has 0 saturated heterocycles. The number of aromatic nitrogens is 3. The van der Waals surface area contributed by atoms with E-state index in [2.05, 4.69) is 20.7 Å². The van der Waals surface area contributed by atoms with Gasteiger partial charge in [0.25, 0.3) is 11.8 Å². The molecule has 31 heavy (non-hydrogen) atoms. The smallest absolute Gasteiger partial charge is 0.287 e. The summed E-state index contributed by atoms with van der Waals surface area (Å²) in [5.74, 6) is -2.15. The Hall–Kier alpha value is -3.85. The standard InChI is InChI=1S/C22H22N6O3/c23-20(30)19(29)18(11-14-5-2-1-3-6-14)26-22(31)16-7-4-9-25-21(16)28-13-15-12-24-10-8-17(15)27-28/h1-7,9,13,18,24H,8,10-12H2,(H2,23,30)(H,26,31). The van der Waals surface area contributed by atoms with Gasteiger partial charge in [0.15, 0.2) is 5.82 Å². The number of Topliss-reactive ketones (excluding diaryl/α,β-unsaturated/α-hetero) is 1. The van der Waals surface area contributed by atoms with Crippen molar-refractivity contribution >= 4 is 17.6 Å². The van der Waals surface area contributed by atoms with E-state index in [-0.39, 0.29) is 12.0 Å². The first kappa shape index (κ1) is 20.4. The van der Waals surface area contributed by atoms with E-state index >= 15 is 0 Å². The van der Waals surface area contributed by atoms with Crippen LogP contribution in [0.5, 0.6) is 0 Å². The van der Waals surface area contributed by atoms with Gasteiger partial charge in [-0.1, -0.05) is 30.3 Å². The second-order valence-electron chi connectivity index (χ2n) is 7.29. The molecule has 9 heteroatoms. The maximum Gasteiger partial charge on any atom is 0.287 e. The van der Waals surface area contributed by atoms with Gasteiger partial charge in [0.05, 0.1) is 11.3 Å². The molecule has 2 amide bonds. The van der Waals surface area contributed by atoms with E-state index in [9.17, 15) is 14.4 Å². The van der Waals surface area contributed by atoms with Crippen LogP contribution in [0.2, 0.25) is 0 Å². The topological polar surface area (TPSA) is 132 Å². The molecule has 0 fully saturated rings. The number of pyridine rings is 1. The number of rotatable bonds is 7. The third-order valence-electron chi connectivity index (χ3n) is 5.13. The van der Waals surface area contributed by atoms with E-state index in [4.69, 9.17) is 5.73 Å². The number of nitrogens with one attached hydrogen (secondary N) is 2. The summed E-state index contributed by atoms with van der Waals surface area (Å²) < 4.78 is 1.58. The van der Waals surface area contributed by atoms with Crippen molar-refractivity contribution < 1.29 is 14.4 Å². The Morgan fingerprint density at radius 3 is 2.71 bits per heavy atom. The molecule has 1 unspecified atom stereocenters. The molecule has 0 aliphatic carbocycles. The molecule has 4 N–H and O–H groups in total. The molecule has 3 aromatic rings. The van der Waals surface area contributed by atoms with Crippen molar-refractivity contribution in [1.29, 1.82) is 0 Å². The zero-order chi connectivity index (χ0) is 21.8. The van der Waals surface area contributed by atoms with Crippen molar-refractivity contribution in [3.8, 4) is 5.82 Å². The molecule has 1 aromatic carbocycles. The van der Waals surface area contributed by atoms with Gasteiger partial charge in [-0.25, -0.2) is 9.67 Å². The van der Waals surface area contributed by atoms with Crippen LogP contribution in [-0.2, 0) is 29.0 Å². The monoisotopic (exact) mass is 418 g/mol. The van der Waals surface area contributed by atoms with Gasteiger partial charge in [-0.3, -0.25) is 14.4 Å². The molecule has 0 radical (unpaired) electrons. The van der Waals surface area contributed by atoms with Gasteiger partial charge < -0.3 is 16.4 Å². The van der Waals surface area contributed by atoms with Crippen LogP contribution in [0.25, 0.3) is 5.82 Å². The van der Waals surface area contributed by atoms with Crippen molar-refractivity contribution in [2.75, 3.05) is 6.54 Å². The first-order valence-corrected chi connectivity index (χ1v) is 9.95. The van der Waals surface area contributed by atoms with E-state index in [1.807, 2.05) is 36.5 Å². The van der Waals surface area contributed by atoms with Gasteiger partial charge in [0, 0.05) is 43.9 Å². The number of carbonyl (C=O) groups is 3. The van der Waals surface area contributed by atoms with Gasteiger partial charge in [0.2, 0.25) is 5.78 Å². The Balaban J connectivity index is 1.61. The third kappa shape index (κ3) is 4.51. The van der Waals surface area contributed by atoms with Crippen LogP contribution < -0.4 is 16.4 Å². The fourth-order valence-corrected chi connectivity index (χ4v) is 3.57. The SMILES string of the molecule is NC(=O)C(=O)C(Cc1ccccc1)NC(=O)c1cccnc1-n1cc2c(n1)CCNC2. The normalized spacial score (nSPS) is 13.8. The molecule has 4 rings (SSSR count). The summed E-state index contributed by atoms with van der Waals surface area (Å²) in [7, 11) is 0. The highest BCUT2D eigenvalue weighted by Gasteiger charge is 2.27. The Morgan fingerprint density at radius 1 is 1.16 bits per heavy atom. The third-order valence-corrected chi connectivity index (χ3v) is 5.13. The zero-order valence-corrected chi connectivity index (χ0v) is 16.7. The van der Waals surface area contributed by atoms with Gasteiger partial charge >= 0.3 is 0 Å². The van der Waals surface area contributed by atoms with Crippen LogP contribution in [0, 0.1) is 0 Å². The van der Waals surface area contributed by atoms with Gasteiger partial charge in [-0.15, -0.1) is 0 Å². The molecule has 1 atom stereocenters. The molecular weight excluding hydrogens is 396 g/mol. The van der Waals surface area contributed by atoms with Crippen LogP contribution in [0.1, 0.15) is 27.2 Å². The summed E-state index contributed by atoms with van der Waals surface area (Å²) >= 11 is 0. The largest absolute Gasteiger partial charge is 0.363 e. The minimum atomic E-state index is -1.10. The molecule has 0 bridgehead atoms. The summed E-state index contributed by atoms with van der Waals surface area (Å²) in [6.45, 7) is 1.55. The first-order chi connectivity index (χ1) is 15.0. The molecule has 9 nitrogen and oxygen atoms in total. The number of hydrogen-bond acceptors (Lipinski definition) is 6. The quantitative estimate of drug-likeness (QED) is 0.473. The van der Waals surface area contributed by atoms with Crippen LogP contribution in [0.15, 0.2) is 54.9 Å². The van der Waals surface area contributed by atoms with Crippen molar-refractivity contribution in [3.63, 3.8) is 0 Å². The second kappa shape index (κ2) is 8.88. The predicted molar refractivity (Wildman–Crippen MR) is 112 cm³/mol. The Morgan fingerprint density at radius 2 is 1.97 bits per heavy atom. The molecule has 158 valence electrons. The number of hydrogen-bond donors (Lipinski definition) is 3. The van der Waals surface area contributed by atoms with Crippen molar-refractivity contribution in [2.45, 2.75) is 25.4 Å². The molecule has 1 aliphatic rings. The summed E-state index contributed by atoms with van der Waals surface area (Å²) in [5.41, 5.74) is 8.25. The van der Waals surface area contributed by atoms with Crippen molar-refractivity contribution in [3.05, 3.63) is 77.2 Å². The number of nitrogens with two attached hydrogens (primary N) is 1. The Kier molecular flexibility index (Phi) is 5.85. The highest BCUT2D eigenvalue weighted by Crippen LogP contribution is 2.17. The number of ketones is 1. The molecule has 0 spiro atoms. The fraction of sp³-hybridized carbons (Fsp3) is 0.227. The lowest BCUT2D eigenvalue weighted by molar-refractivity contribution is -0.137. The first-order valence-electron chi connectivity index (χ1n) is 9.95. The van der Waals surface area contributed by atoms with Gasteiger partial charge in [-0.2, -0.15) is 5.10 Å².